The van der Waals surface area contributed by atoms with Gasteiger partial charge in [0.15, 0.2) is 5.65 Å². The molecule has 0 aliphatic rings. The predicted octanol–water partition coefficient (Wildman–Crippen LogP) is 4.27. The first kappa shape index (κ1) is 13.6. The predicted molar refractivity (Wildman–Crippen MR) is 85.7 cm³/mol. The first-order valence-corrected chi connectivity index (χ1v) is 7.68. The minimum atomic E-state index is 0.538. The highest BCUT2D eigenvalue weighted by Crippen LogP contribution is 2.24. The second-order valence-corrected chi connectivity index (χ2v) is 5.88. The van der Waals surface area contributed by atoms with Crippen molar-refractivity contribution in [3.05, 3.63) is 52.4 Å². The van der Waals surface area contributed by atoms with Crippen molar-refractivity contribution in [1.82, 2.24) is 14.5 Å². The molecule has 20 heavy (non-hydrogen) atoms. The fraction of sp³-hybridized carbons (Fsp3) is 0.200. The Hall–Kier alpha value is -1.39. The van der Waals surface area contributed by atoms with Crippen LogP contribution in [0, 0.1) is 6.92 Å². The third kappa shape index (κ3) is 2.34. The van der Waals surface area contributed by atoms with Crippen LogP contribution in [0.2, 0.25) is 0 Å². The van der Waals surface area contributed by atoms with E-state index in [0.717, 1.165) is 27.1 Å². The molecule has 5 heteroatoms. The van der Waals surface area contributed by atoms with E-state index in [1.165, 1.54) is 5.56 Å². The highest BCUT2D eigenvalue weighted by atomic mass is 79.9. The van der Waals surface area contributed by atoms with Crippen LogP contribution in [-0.4, -0.2) is 20.4 Å². The van der Waals surface area contributed by atoms with E-state index in [0.29, 0.717) is 12.3 Å². The SMILES string of the molecule is Cc1ccccc1-n1c(CCCl)nc2cc(Br)cnc21. The zero-order valence-corrected chi connectivity index (χ0v) is 13.3. The Balaban J connectivity index is 2.32. The average Bonchev–Trinajstić information content (AvgIpc) is 2.77. The van der Waals surface area contributed by atoms with E-state index in [4.69, 9.17) is 11.6 Å². The highest BCUT2D eigenvalue weighted by Gasteiger charge is 2.14. The van der Waals surface area contributed by atoms with Crippen molar-refractivity contribution in [3.63, 3.8) is 0 Å². The van der Waals surface area contributed by atoms with Crippen LogP contribution >= 0.6 is 27.5 Å². The number of pyridine rings is 1. The van der Waals surface area contributed by atoms with E-state index >= 15 is 0 Å². The molecule has 1 aromatic carbocycles. The van der Waals surface area contributed by atoms with Crippen LogP contribution in [0.3, 0.4) is 0 Å². The molecule has 0 N–H and O–H groups in total. The molecule has 0 spiro atoms. The molecule has 0 saturated carbocycles. The number of aryl methyl sites for hydroxylation is 2. The van der Waals surface area contributed by atoms with Crippen LogP contribution in [0.25, 0.3) is 16.9 Å². The molecule has 0 radical (unpaired) electrons. The van der Waals surface area contributed by atoms with Crippen molar-refractivity contribution < 1.29 is 0 Å². The number of hydrogen-bond donors (Lipinski definition) is 0. The molecular weight excluding hydrogens is 338 g/mol. The van der Waals surface area contributed by atoms with Crippen molar-refractivity contribution in [3.8, 4) is 5.69 Å². The summed E-state index contributed by atoms with van der Waals surface area (Å²) in [6.07, 6.45) is 2.51. The Labute approximate surface area is 130 Å². The summed E-state index contributed by atoms with van der Waals surface area (Å²) < 4.78 is 3.02. The standard InChI is InChI=1S/C15H13BrClN3/c1-10-4-2-3-5-13(10)20-14(6-7-17)19-12-8-11(16)9-18-15(12)20/h2-5,8-9H,6-7H2,1H3. The molecule has 102 valence electrons. The van der Waals surface area contributed by atoms with Gasteiger partial charge in [-0.3, -0.25) is 4.57 Å². The van der Waals surface area contributed by atoms with E-state index in [1.807, 2.05) is 18.2 Å². The molecule has 0 aliphatic heterocycles. The fourth-order valence-corrected chi connectivity index (χ4v) is 2.80. The van der Waals surface area contributed by atoms with Crippen LogP contribution in [-0.2, 0) is 6.42 Å². The van der Waals surface area contributed by atoms with Gasteiger partial charge in [0.1, 0.15) is 11.3 Å². The highest BCUT2D eigenvalue weighted by molar-refractivity contribution is 9.10. The molecule has 3 aromatic rings. The summed E-state index contributed by atoms with van der Waals surface area (Å²) in [6.45, 7) is 2.09. The molecule has 0 amide bonds. The number of benzene rings is 1. The molecule has 0 unspecified atom stereocenters. The van der Waals surface area contributed by atoms with Crippen LogP contribution in [0.1, 0.15) is 11.4 Å². The molecule has 3 rings (SSSR count). The Kier molecular flexibility index (Phi) is 3.76. The Morgan fingerprint density at radius 2 is 2.10 bits per heavy atom. The Morgan fingerprint density at radius 3 is 2.85 bits per heavy atom. The van der Waals surface area contributed by atoms with Gasteiger partial charge in [-0.15, -0.1) is 11.6 Å². The van der Waals surface area contributed by atoms with Crippen LogP contribution < -0.4 is 0 Å². The lowest BCUT2D eigenvalue weighted by molar-refractivity contribution is 0.900. The molecule has 2 heterocycles. The zero-order chi connectivity index (χ0) is 14.1. The summed E-state index contributed by atoms with van der Waals surface area (Å²) >= 11 is 9.35. The first-order chi connectivity index (χ1) is 9.70. The second-order valence-electron chi connectivity index (χ2n) is 4.59. The molecular formula is C15H13BrClN3. The minimum absolute atomic E-state index is 0.538. The maximum atomic E-state index is 5.91. The van der Waals surface area contributed by atoms with Crippen LogP contribution in [0.4, 0.5) is 0 Å². The summed E-state index contributed by atoms with van der Waals surface area (Å²) in [5, 5.41) is 0. The average molecular weight is 351 g/mol. The third-order valence-electron chi connectivity index (χ3n) is 3.21. The Morgan fingerprint density at radius 1 is 1.30 bits per heavy atom. The van der Waals surface area contributed by atoms with Gasteiger partial charge in [0.05, 0.1) is 5.69 Å². The van der Waals surface area contributed by atoms with E-state index in [1.54, 1.807) is 6.20 Å². The van der Waals surface area contributed by atoms with Crippen molar-refractivity contribution in [2.75, 3.05) is 5.88 Å². The molecule has 0 fully saturated rings. The largest absolute Gasteiger partial charge is 0.280 e. The number of alkyl halides is 1. The summed E-state index contributed by atoms with van der Waals surface area (Å²) in [5.41, 5.74) is 4.03. The van der Waals surface area contributed by atoms with Gasteiger partial charge in [-0.2, -0.15) is 0 Å². The van der Waals surface area contributed by atoms with Gasteiger partial charge in [0, 0.05) is 23.0 Å². The summed E-state index contributed by atoms with van der Waals surface area (Å²) in [5.74, 6) is 1.48. The van der Waals surface area contributed by atoms with Gasteiger partial charge in [-0.1, -0.05) is 18.2 Å². The van der Waals surface area contributed by atoms with Gasteiger partial charge < -0.3 is 0 Å². The molecule has 0 saturated heterocycles. The van der Waals surface area contributed by atoms with E-state index < -0.39 is 0 Å². The summed E-state index contributed by atoms with van der Waals surface area (Å²) in [6, 6.07) is 10.2. The second kappa shape index (κ2) is 5.54. The maximum Gasteiger partial charge on any atom is 0.164 e. The summed E-state index contributed by atoms with van der Waals surface area (Å²) in [4.78, 5) is 9.18. The quantitative estimate of drug-likeness (QED) is 0.660. The monoisotopic (exact) mass is 349 g/mol. The molecule has 2 aromatic heterocycles. The van der Waals surface area contributed by atoms with Crippen molar-refractivity contribution in [1.29, 1.82) is 0 Å². The first-order valence-electron chi connectivity index (χ1n) is 6.35. The van der Waals surface area contributed by atoms with Crippen molar-refractivity contribution in [2.45, 2.75) is 13.3 Å². The number of hydrogen-bond acceptors (Lipinski definition) is 2. The number of halogens is 2. The van der Waals surface area contributed by atoms with Gasteiger partial charge in [-0.05, 0) is 40.5 Å². The zero-order valence-electron chi connectivity index (χ0n) is 11.0. The third-order valence-corrected chi connectivity index (χ3v) is 3.83. The van der Waals surface area contributed by atoms with Gasteiger partial charge in [-0.25, -0.2) is 9.97 Å². The lowest BCUT2D eigenvalue weighted by Gasteiger charge is -2.10. The molecule has 0 bridgehead atoms. The van der Waals surface area contributed by atoms with E-state index in [9.17, 15) is 0 Å². The number of imidazole rings is 1. The smallest absolute Gasteiger partial charge is 0.164 e. The topological polar surface area (TPSA) is 30.7 Å². The Bertz CT molecular complexity index is 767. The fourth-order valence-electron chi connectivity index (χ4n) is 2.31. The minimum Gasteiger partial charge on any atom is -0.280 e. The summed E-state index contributed by atoms with van der Waals surface area (Å²) in [7, 11) is 0. The molecule has 3 nitrogen and oxygen atoms in total. The van der Waals surface area contributed by atoms with E-state index in [-0.39, 0.29) is 0 Å². The number of nitrogens with zero attached hydrogens (tertiary/aromatic N) is 3. The number of rotatable bonds is 3. The van der Waals surface area contributed by atoms with Gasteiger partial charge >= 0.3 is 0 Å². The molecule has 0 atom stereocenters. The molecule has 0 aliphatic carbocycles. The van der Waals surface area contributed by atoms with Gasteiger partial charge in [0.25, 0.3) is 0 Å². The van der Waals surface area contributed by atoms with Crippen molar-refractivity contribution in [2.24, 2.45) is 0 Å². The lowest BCUT2D eigenvalue weighted by atomic mass is 10.2. The van der Waals surface area contributed by atoms with E-state index in [2.05, 4.69) is 49.5 Å². The number of aromatic nitrogens is 3. The number of fused-ring (bicyclic) bond motifs is 1. The lowest BCUT2D eigenvalue weighted by Crippen LogP contribution is -2.04. The normalized spacial score (nSPS) is 11.2. The number of para-hydroxylation sites is 1. The van der Waals surface area contributed by atoms with Gasteiger partial charge in [0.2, 0.25) is 0 Å². The van der Waals surface area contributed by atoms with Crippen molar-refractivity contribution >= 4 is 38.7 Å². The maximum absolute atomic E-state index is 5.91. The van der Waals surface area contributed by atoms with Crippen LogP contribution in [0.15, 0.2) is 41.0 Å². The van der Waals surface area contributed by atoms with Crippen LogP contribution in [0.5, 0.6) is 0 Å².